The largest absolute Gasteiger partial charge is 0.507 e. The summed E-state index contributed by atoms with van der Waals surface area (Å²) in [5.74, 6) is 0.166. The molecular weight excluding hydrogens is 609 g/mol. The Bertz CT molecular complexity index is 1360. The van der Waals surface area contributed by atoms with Crippen molar-refractivity contribution >= 4 is 11.8 Å². The molecule has 6 heteroatoms. The fourth-order valence-corrected chi connectivity index (χ4v) is 4.16. The van der Waals surface area contributed by atoms with Crippen molar-refractivity contribution in [3.8, 4) is 39.5 Å². The molecule has 0 aliphatic rings. The molecule has 2 aromatic heterocycles. The van der Waals surface area contributed by atoms with E-state index in [1.807, 2.05) is 78.9 Å². The van der Waals surface area contributed by atoms with Crippen molar-refractivity contribution in [3.63, 3.8) is 0 Å². The van der Waals surface area contributed by atoms with Gasteiger partial charge < -0.3 is 5.11 Å². The molecule has 0 bridgehead atoms. The van der Waals surface area contributed by atoms with Crippen LogP contribution in [0.4, 0.5) is 0 Å². The second-order valence-corrected chi connectivity index (χ2v) is 8.10. The Hall–Kier alpha value is -3.27. The zero-order chi connectivity index (χ0) is 21.8. The van der Waals surface area contributed by atoms with Gasteiger partial charge in [-0.1, -0.05) is 65.2 Å². The third-order valence-electron chi connectivity index (χ3n) is 4.88. The smallest absolute Gasteiger partial charge is 0.125 e. The number of benzene rings is 3. The molecule has 0 atom stereocenters. The molecule has 4 nitrogen and oxygen atoms in total. The van der Waals surface area contributed by atoms with Crippen molar-refractivity contribution in [2.24, 2.45) is 0 Å². The Morgan fingerprint density at radius 2 is 1.52 bits per heavy atom. The standard InChI is InChI=1S/C27H18N3OS.Pt/c31-24-14-5-4-13-22(24)27-26(19-9-2-1-3-10-19)29-18-23(30-27)20-11-8-12-21(17-20)32-25-15-6-7-16-28-25;/h1-16,18,31H;/q-1;. The van der Waals surface area contributed by atoms with Crippen LogP contribution in [0.3, 0.4) is 0 Å². The van der Waals surface area contributed by atoms with Gasteiger partial charge in [-0.05, 0) is 24.3 Å². The van der Waals surface area contributed by atoms with E-state index < -0.39 is 0 Å². The van der Waals surface area contributed by atoms with Gasteiger partial charge in [0.25, 0.3) is 0 Å². The van der Waals surface area contributed by atoms with Crippen LogP contribution in [-0.2, 0) is 21.1 Å². The molecular formula is C27H18N3OPtS-. The number of aromatic nitrogens is 3. The van der Waals surface area contributed by atoms with Gasteiger partial charge in [-0.25, -0.2) is 4.98 Å². The molecule has 164 valence electrons. The maximum Gasteiger partial charge on any atom is 0.125 e. The molecule has 5 rings (SSSR count). The van der Waals surface area contributed by atoms with Gasteiger partial charge in [0, 0.05) is 50.3 Å². The first-order valence-corrected chi connectivity index (χ1v) is 10.9. The third kappa shape index (κ3) is 5.22. The summed E-state index contributed by atoms with van der Waals surface area (Å²) in [6.07, 6.45) is 3.53. The van der Waals surface area contributed by atoms with E-state index in [9.17, 15) is 5.11 Å². The zero-order valence-electron chi connectivity index (χ0n) is 17.3. The van der Waals surface area contributed by atoms with Crippen LogP contribution in [-0.4, -0.2) is 20.1 Å². The second-order valence-electron chi connectivity index (χ2n) is 7.03. The van der Waals surface area contributed by atoms with Crippen molar-refractivity contribution in [2.75, 3.05) is 0 Å². The molecule has 0 spiro atoms. The zero-order valence-corrected chi connectivity index (χ0v) is 20.4. The van der Waals surface area contributed by atoms with Crippen LogP contribution in [0.2, 0.25) is 0 Å². The van der Waals surface area contributed by atoms with Crippen LogP contribution in [0.25, 0.3) is 33.8 Å². The van der Waals surface area contributed by atoms with Gasteiger partial charge in [0.1, 0.15) is 5.75 Å². The van der Waals surface area contributed by atoms with Crippen molar-refractivity contribution in [1.29, 1.82) is 0 Å². The summed E-state index contributed by atoms with van der Waals surface area (Å²) in [6.45, 7) is 0. The Morgan fingerprint density at radius 3 is 2.30 bits per heavy atom. The number of phenolic OH excluding ortho intramolecular Hbond substituents is 1. The first-order valence-electron chi connectivity index (χ1n) is 10.1. The van der Waals surface area contributed by atoms with Gasteiger partial charge in [0.2, 0.25) is 0 Å². The SMILES string of the molecule is Oc1ccccc1-c1nc(-c2[c-]c(Sc3ccccn3)ccc2)cnc1-c1ccccc1.[Pt]. The van der Waals surface area contributed by atoms with Crippen LogP contribution >= 0.6 is 11.8 Å². The summed E-state index contributed by atoms with van der Waals surface area (Å²) in [6, 6.07) is 32.2. The van der Waals surface area contributed by atoms with Gasteiger partial charge in [-0.15, -0.1) is 29.8 Å². The minimum absolute atomic E-state index is 0. The number of rotatable bonds is 5. The van der Waals surface area contributed by atoms with Crippen molar-refractivity contribution in [3.05, 3.63) is 109 Å². The Labute approximate surface area is 211 Å². The van der Waals surface area contributed by atoms with Crippen LogP contribution in [0.15, 0.2) is 113 Å². The normalized spacial score (nSPS) is 10.4. The van der Waals surface area contributed by atoms with Crippen molar-refractivity contribution in [2.45, 2.75) is 9.92 Å². The average Bonchev–Trinajstić information content (AvgIpc) is 2.85. The molecule has 0 unspecified atom stereocenters. The number of pyridine rings is 1. The molecule has 33 heavy (non-hydrogen) atoms. The van der Waals surface area contributed by atoms with Gasteiger partial charge in [0.05, 0.1) is 16.4 Å². The fraction of sp³-hybridized carbons (Fsp3) is 0. The van der Waals surface area contributed by atoms with Gasteiger partial charge in [-0.2, -0.15) is 0 Å². The Morgan fingerprint density at radius 1 is 0.727 bits per heavy atom. The number of phenols is 1. The molecule has 0 fully saturated rings. The summed E-state index contributed by atoms with van der Waals surface area (Å²) in [4.78, 5) is 15.0. The average molecular weight is 628 g/mol. The Kier molecular flexibility index (Phi) is 7.33. The number of hydrogen-bond acceptors (Lipinski definition) is 5. The molecule has 0 saturated heterocycles. The van der Waals surface area contributed by atoms with Crippen LogP contribution in [0.1, 0.15) is 0 Å². The molecule has 0 aliphatic carbocycles. The first kappa shape index (κ1) is 22.9. The summed E-state index contributed by atoms with van der Waals surface area (Å²) in [5.41, 5.74) is 4.44. The second kappa shape index (κ2) is 10.6. The Balaban J connectivity index is 0.00000259. The number of para-hydroxylation sites is 1. The molecule has 3 aromatic carbocycles. The van der Waals surface area contributed by atoms with E-state index in [0.29, 0.717) is 17.0 Å². The van der Waals surface area contributed by atoms with Crippen molar-refractivity contribution < 1.29 is 26.2 Å². The van der Waals surface area contributed by atoms with Gasteiger partial charge in [0.15, 0.2) is 0 Å². The monoisotopic (exact) mass is 627 g/mol. The predicted octanol–water partition coefficient (Wildman–Crippen LogP) is 6.53. The molecule has 5 aromatic rings. The minimum atomic E-state index is 0. The molecule has 0 radical (unpaired) electrons. The van der Waals surface area contributed by atoms with Crippen LogP contribution < -0.4 is 0 Å². The van der Waals surface area contributed by atoms with E-state index in [1.54, 1.807) is 36.3 Å². The summed E-state index contributed by atoms with van der Waals surface area (Å²) in [5, 5.41) is 11.4. The fourth-order valence-electron chi connectivity index (χ4n) is 3.36. The number of aromatic hydroxyl groups is 1. The molecule has 0 saturated carbocycles. The molecule has 2 heterocycles. The molecule has 0 aliphatic heterocycles. The van der Waals surface area contributed by atoms with Gasteiger partial charge >= 0.3 is 0 Å². The van der Waals surface area contributed by atoms with Crippen LogP contribution in [0.5, 0.6) is 5.75 Å². The van der Waals surface area contributed by atoms with E-state index in [2.05, 4.69) is 11.1 Å². The van der Waals surface area contributed by atoms with Gasteiger partial charge in [-0.3, -0.25) is 9.97 Å². The van der Waals surface area contributed by atoms with E-state index >= 15 is 0 Å². The van der Waals surface area contributed by atoms with Crippen LogP contribution in [0, 0.1) is 6.07 Å². The summed E-state index contributed by atoms with van der Waals surface area (Å²) in [7, 11) is 0. The van der Waals surface area contributed by atoms with E-state index in [-0.39, 0.29) is 26.8 Å². The summed E-state index contributed by atoms with van der Waals surface area (Å²) >= 11 is 1.54. The van der Waals surface area contributed by atoms with E-state index in [4.69, 9.17) is 9.97 Å². The third-order valence-corrected chi connectivity index (χ3v) is 5.78. The minimum Gasteiger partial charge on any atom is -0.507 e. The van der Waals surface area contributed by atoms with E-state index in [1.165, 1.54) is 0 Å². The first-order chi connectivity index (χ1) is 15.8. The van der Waals surface area contributed by atoms with E-state index in [0.717, 1.165) is 26.7 Å². The maximum absolute atomic E-state index is 10.5. The predicted molar refractivity (Wildman–Crippen MR) is 127 cm³/mol. The summed E-state index contributed by atoms with van der Waals surface area (Å²) < 4.78 is 0. The number of hydrogen-bond donors (Lipinski definition) is 1. The molecule has 1 N–H and O–H groups in total. The van der Waals surface area contributed by atoms with Crippen molar-refractivity contribution in [1.82, 2.24) is 15.0 Å². The molecule has 0 amide bonds. The maximum atomic E-state index is 10.5. The quantitative estimate of drug-likeness (QED) is 0.225. The number of nitrogens with zero attached hydrogens (tertiary/aromatic N) is 3. The topological polar surface area (TPSA) is 58.9 Å².